The molecule has 0 fully saturated rings. The molecule has 0 aromatic heterocycles. The molecule has 6 heteroatoms. The third-order valence-electron chi connectivity index (χ3n) is 0.351. The molecule has 0 saturated carbocycles. The minimum atomic E-state index is -0.833. The second-order valence-corrected chi connectivity index (χ2v) is 1.30. The lowest BCUT2D eigenvalue weighted by Crippen LogP contribution is -2.28. The van der Waals surface area contributed by atoms with E-state index < -0.39 is 12.1 Å². The Kier molecular flexibility index (Phi) is 8.56. The zero-order valence-electron chi connectivity index (χ0n) is 5.76. The van der Waals surface area contributed by atoms with Crippen LogP contribution in [0.3, 0.4) is 0 Å². The molecule has 7 N–H and O–H groups in total. The van der Waals surface area contributed by atoms with Gasteiger partial charge in [0.05, 0.1) is 0 Å². The summed E-state index contributed by atoms with van der Waals surface area (Å²) in [4.78, 5) is 18.7. The molecule has 0 aromatic carbocycles. The van der Waals surface area contributed by atoms with Crippen molar-refractivity contribution in [3.63, 3.8) is 0 Å². The fraction of sp³-hybridized carbons (Fsp3) is 0.500. The van der Waals surface area contributed by atoms with Gasteiger partial charge in [-0.15, -0.1) is 0 Å². The molecule has 0 aliphatic heterocycles. The van der Waals surface area contributed by atoms with E-state index in [4.69, 9.17) is 4.79 Å². The van der Waals surface area contributed by atoms with Crippen LogP contribution in [0.25, 0.3) is 0 Å². The molecule has 0 spiro atoms. The second-order valence-electron chi connectivity index (χ2n) is 1.30. The number of carbonyl (C=O) groups is 2. The van der Waals surface area contributed by atoms with E-state index >= 15 is 0 Å². The van der Waals surface area contributed by atoms with Crippen molar-refractivity contribution in [2.45, 2.75) is 6.92 Å². The number of urea groups is 2. The second kappa shape index (κ2) is 7.54. The Bertz CT molecular complexity index is 110. The summed E-state index contributed by atoms with van der Waals surface area (Å²) >= 11 is 0. The van der Waals surface area contributed by atoms with Crippen molar-refractivity contribution in [2.24, 2.45) is 17.2 Å². The number of nitrogens with two attached hydrogens (primary N) is 3. The number of rotatable bonds is 1. The first-order valence-corrected chi connectivity index (χ1v) is 2.58. The van der Waals surface area contributed by atoms with E-state index in [1.54, 1.807) is 0 Å². The van der Waals surface area contributed by atoms with Gasteiger partial charge in [-0.1, -0.05) is 0 Å². The molecule has 0 bridgehead atoms. The molecule has 60 valence electrons. The maximum Gasteiger partial charge on any atom is 0.312 e. The summed E-state index contributed by atoms with van der Waals surface area (Å²) in [6, 6.07) is -1.29. The van der Waals surface area contributed by atoms with Crippen LogP contribution in [0.5, 0.6) is 0 Å². The van der Waals surface area contributed by atoms with Gasteiger partial charge in [0.25, 0.3) is 0 Å². The maximum atomic E-state index is 9.71. The van der Waals surface area contributed by atoms with E-state index in [0.29, 0.717) is 6.54 Å². The van der Waals surface area contributed by atoms with Gasteiger partial charge in [-0.2, -0.15) is 0 Å². The summed E-state index contributed by atoms with van der Waals surface area (Å²) in [5.41, 5.74) is 13.2. The van der Waals surface area contributed by atoms with Gasteiger partial charge in [-0.25, -0.2) is 9.59 Å². The summed E-state index contributed by atoms with van der Waals surface area (Å²) in [5.74, 6) is 0. The van der Waals surface area contributed by atoms with Crippen molar-refractivity contribution in [1.82, 2.24) is 5.32 Å². The first-order valence-electron chi connectivity index (χ1n) is 2.58. The molecule has 10 heavy (non-hydrogen) atoms. The zero-order valence-corrected chi connectivity index (χ0v) is 5.76. The Morgan fingerprint density at radius 1 is 1.30 bits per heavy atom. The van der Waals surface area contributed by atoms with Crippen LogP contribution >= 0.6 is 0 Å². The van der Waals surface area contributed by atoms with Crippen molar-refractivity contribution in [2.75, 3.05) is 6.54 Å². The van der Waals surface area contributed by atoms with Gasteiger partial charge >= 0.3 is 12.1 Å². The quantitative estimate of drug-likeness (QED) is 0.369. The Hall–Kier alpha value is -1.46. The molecule has 0 aliphatic rings. The Morgan fingerprint density at radius 2 is 1.60 bits per heavy atom. The third-order valence-corrected chi connectivity index (χ3v) is 0.351. The number of carbonyl (C=O) groups excluding carboxylic acids is 2. The maximum absolute atomic E-state index is 9.71. The van der Waals surface area contributed by atoms with Crippen LogP contribution < -0.4 is 22.5 Å². The number of hydrogen-bond acceptors (Lipinski definition) is 2. The smallest absolute Gasteiger partial charge is 0.312 e. The first kappa shape index (κ1) is 11.4. The first-order chi connectivity index (χ1) is 4.50. The molecule has 0 rings (SSSR count). The molecule has 0 atom stereocenters. The highest BCUT2D eigenvalue weighted by molar-refractivity contribution is 5.71. The number of amides is 4. The van der Waals surface area contributed by atoms with Crippen molar-refractivity contribution < 1.29 is 9.59 Å². The van der Waals surface area contributed by atoms with Crippen LogP contribution in [0.15, 0.2) is 0 Å². The van der Waals surface area contributed by atoms with Gasteiger partial charge in [-0.05, 0) is 6.92 Å². The molecule has 0 radical (unpaired) electrons. The summed E-state index contributed by atoms with van der Waals surface area (Å²) in [5, 5.41) is 2.35. The summed E-state index contributed by atoms with van der Waals surface area (Å²) in [7, 11) is 0. The molecule has 6 nitrogen and oxygen atoms in total. The van der Waals surface area contributed by atoms with Crippen LogP contribution in [0, 0.1) is 0 Å². The fourth-order valence-electron chi connectivity index (χ4n) is 0.174. The van der Waals surface area contributed by atoms with E-state index in [1.165, 1.54) is 0 Å². The average molecular weight is 148 g/mol. The molecular weight excluding hydrogens is 136 g/mol. The third kappa shape index (κ3) is 84.6. The van der Waals surface area contributed by atoms with Crippen LogP contribution in [0.4, 0.5) is 9.59 Å². The average Bonchev–Trinajstić information content (AvgIpc) is 1.62. The van der Waals surface area contributed by atoms with Gasteiger partial charge < -0.3 is 22.5 Å². The SMILES string of the molecule is CCNC(N)=O.NC(N)=O. The van der Waals surface area contributed by atoms with Gasteiger partial charge in [0.1, 0.15) is 0 Å². The molecule has 4 amide bonds. The van der Waals surface area contributed by atoms with E-state index in [1.807, 2.05) is 6.92 Å². The number of primary amides is 3. The highest BCUT2D eigenvalue weighted by Gasteiger charge is 1.79. The number of nitrogens with one attached hydrogen (secondary N) is 1. The molecule has 0 unspecified atom stereocenters. The molecular formula is C4H12N4O2. The lowest BCUT2D eigenvalue weighted by atomic mass is 10.7. The predicted octanol–water partition coefficient (Wildman–Crippen LogP) is -1.30. The predicted molar refractivity (Wildman–Crippen MR) is 37.0 cm³/mol. The Morgan fingerprint density at radius 3 is 1.60 bits per heavy atom. The summed E-state index contributed by atoms with van der Waals surface area (Å²) in [6.07, 6.45) is 0. The van der Waals surface area contributed by atoms with Crippen molar-refractivity contribution in [3.05, 3.63) is 0 Å². The van der Waals surface area contributed by atoms with Crippen LogP contribution in [0.1, 0.15) is 6.92 Å². The fourth-order valence-corrected chi connectivity index (χ4v) is 0.174. The lowest BCUT2D eigenvalue weighted by molar-refractivity contribution is 0.249. The topological polar surface area (TPSA) is 124 Å². The van der Waals surface area contributed by atoms with E-state index in [-0.39, 0.29) is 0 Å². The minimum absolute atomic E-state index is 0.461. The van der Waals surface area contributed by atoms with Crippen molar-refractivity contribution in [3.8, 4) is 0 Å². The molecule has 0 aliphatic carbocycles. The van der Waals surface area contributed by atoms with Gasteiger partial charge in [0.2, 0.25) is 0 Å². The molecule has 0 heterocycles. The van der Waals surface area contributed by atoms with Gasteiger partial charge in [0, 0.05) is 6.54 Å². The van der Waals surface area contributed by atoms with Crippen molar-refractivity contribution >= 4 is 12.1 Å². The van der Waals surface area contributed by atoms with Gasteiger partial charge in [0.15, 0.2) is 0 Å². The van der Waals surface area contributed by atoms with E-state index in [2.05, 4.69) is 22.5 Å². The monoisotopic (exact) mass is 148 g/mol. The summed E-state index contributed by atoms with van der Waals surface area (Å²) in [6.45, 7) is 2.42. The van der Waals surface area contributed by atoms with Crippen LogP contribution in [-0.4, -0.2) is 18.6 Å². The minimum Gasteiger partial charge on any atom is -0.352 e. The van der Waals surface area contributed by atoms with Crippen molar-refractivity contribution in [1.29, 1.82) is 0 Å². The summed E-state index contributed by atoms with van der Waals surface area (Å²) < 4.78 is 0. The molecule has 0 saturated heterocycles. The van der Waals surface area contributed by atoms with E-state index in [9.17, 15) is 4.79 Å². The van der Waals surface area contributed by atoms with E-state index in [0.717, 1.165) is 0 Å². The Balaban J connectivity index is 0. The standard InChI is InChI=1S/C3H8N2O.CH4N2O/c1-2-5-3(4)6;2-1(3)4/h2H2,1H3,(H3,4,5,6);(H4,2,3,4). The largest absolute Gasteiger partial charge is 0.352 e. The van der Waals surface area contributed by atoms with Crippen LogP contribution in [-0.2, 0) is 0 Å². The normalized spacial score (nSPS) is 6.90. The lowest BCUT2D eigenvalue weighted by Gasteiger charge is -1.88. The molecule has 0 aromatic rings. The highest BCUT2D eigenvalue weighted by atomic mass is 16.2. The zero-order chi connectivity index (χ0) is 8.57. The highest BCUT2D eigenvalue weighted by Crippen LogP contribution is 1.49. The Labute approximate surface area is 58.7 Å². The van der Waals surface area contributed by atoms with Crippen LogP contribution in [0.2, 0.25) is 0 Å². The number of hydrogen-bond donors (Lipinski definition) is 4. The van der Waals surface area contributed by atoms with Gasteiger partial charge in [-0.3, -0.25) is 0 Å².